The van der Waals surface area contributed by atoms with E-state index < -0.39 is 0 Å². The van der Waals surface area contributed by atoms with Crippen LogP contribution >= 0.6 is 36.6 Å². The number of nitrogens with zero attached hydrogens (tertiary/aromatic N) is 2. The van der Waals surface area contributed by atoms with Crippen LogP contribution in [0.5, 0.6) is 0 Å². The van der Waals surface area contributed by atoms with Gasteiger partial charge in [0.1, 0.15) is 0 Å². The standard InChI is InChI=1S/C18H18N2S.2ClH/c1-21-17-8-6-14(7-9-17)12-15-4-3-11-20-18(15)16-5-2-10-19-13-16;;/h2,5-10,12-13H,3-4,11H2,1H3;2*1H/b15-12+;;. The molecule has 2 nitrogen and oxygen atoms in total. The van der Waals surface area contributed by atoms with Gasteiger partial charge in [0.15, 0.2) is 0 Å². The molecule has 0 saturated heterocycles. The van der Waals surface area contributed by atoms with E-state index in [1.807, 2.05) is 12.3 Å². The van der Waals surface area contributed by atoms with E-state index in [4.69, 9.17) is 4.99 Å². The monoisotopic (exact) mass is 366 g/mol. The molecular formula is C18H20Cl2N2S. The molecule has 0 aliphatic carbocycles. The van der Waals surface area contributed by atoms with Crippen LogP contribution in [0.3, 0.4) is 0 Å². The van der Waals surface area contributed by atoms with E-state index in [0.29, 0.717) is 0 Å². The van der Waals surface area contributed by atoms with Crippen molar-refractivity contribution in [2.24, 2.45) is 4.99 Å². The Kier molecular flexibility index (Phi) is 8.38. The van der Waals surface area contributed by atoms with Gasteiger partial charge in [-0.05, 0) is 60.6 Å². The summed E-state index contributed by atoms with van der Waals surface area (Å²) in [5, 5.41) is 0. The third-order valence-electron chi connectivity index (χ3n) is 3.57. The van der Waals surface area contributed by atoms with Crippen molar-refractivity contribution < 1.29 is 0 Å². The predicted molar refractivity (Wildman–Crippen MR) is 106 cm³/mol. The van der Waals surface area contributed by atoms with Crippen LogP contribution in [-0.2, 0) is 0 Å². The lowest BCUT2D eigenvalue weighted by molar-refractivity contribution is 0.818. The highest BCUT2D eigenvalue weighted by atomic mass is 35.5. The van der Waals surface area contributed by atoms with Crippen LogP contribution in [0.25, 0.3) is 6.08 Å². The predicted octanol–water partition coefficient (Wildman–Crippen LogP) is 5.31. The first-order valence-corrected chi connectivity index (χ1v) is 8.39. The normalized spacial score (nSPS) is 15.3. The summed E-state index contributed by atoms with van der Waals surface area (Å²) < 4.78 is 0. The van der Waals surface area contributed by atoms with Crippen molar-refractivity contribution >= 4 is 48.4 Å². The minimum Gasteiger partial charge on any atom is -0.284 e. The van der Waals surface area contributed by atoms with Crippen LogP contribution in [0.1, 0.15) is 24.0 Å². The van der Waals surface area contributed by atoms with Crippen molar-refractivity contribution in [1.29, 1.82) is 0 Å². The molecule has 0 unspecified atom stereocenters. The zero-order valence-corrected chi connectivity index (χ0v) is 15.4. The van der Waals surface area contributed by atoms with E-state index >= 15 is 0 Å². The minimum absolute atomic E-state index is 0. The molecule has 2 aromatic rings. The molecule has 3 rings (SSSR count). The Morgan fingerprint density at radius 3 is 2.52 bits per heavy atom. The zero-order chi connectivity index (χ0) is 14.5. The number of allylic oxidation sites excluding steroid dienone is 1. The topological polar surface area (TPSA) is 25.2 Å². The molecule has 0 fully saturated rings. The molecule has 122 valence electrons. The lowest BCUT2D eigenvalue weighted by atomic mass is 9.95. The Balaban J connectivity index is 0.00000132. The SMILES string of the molecule is CSc1ccc(/C=C2\CCCN=C2c2cccnc2)cc1.Cl.Cl. The fraction of sp³-hybridized carbons (Fsp3) is 0.222. The maximum atomic E-state index is 4.72. The quantitative estimate of drug-likeness (QED) is 0.687. The number of aliphatic imine (C=N–C) groups is 1. The van der Waals surface area contributed by atoms with Gasteiger partial charge in [0, 0.05) is 29.4 Å². The Hall–Kier alpha value is -1.29. The summed E-state index contributed by atoms with van der Waals surface area (Å²) in [5.41, 5.74) is 4.76. The molecule has 1 aromatic carbocycles. The highest BCUT2D eigenvalue weighted by Crippen LogP contribution is 2.23. The van der Waals surface area contributed by atoms with Crippen LogP contribution in [0, 0.1) is 0 Å². The van der Waals surface area contributed by atoms with Gasteiger partial charge in [-0.2, -0.15) is 0 Å². The van der Waals surface area contributed by atoms with Crippen molar-refractivity contribution in [3.05, 3.63) is 65.5 Å². The van der Waals surface area contributed by atoms with Crippen LogP contribution in [0.15, 0.2) is 64.3 Å². The molecular weight excluding hydrogens is 347 g/mol. The van der Waals surface area contributed by atoms with Crippen molar-refractivity contribution in [2.45, 2.75) is 17.7 Å². The number of halogens is 2. The fourth-order valence-corrected chi connectivity index (χ4v) is 2.91. The van der Waals surface area contributed by atoms with E-state index in [2.05, 4.69) is 47.6 Å². The smallest absolute Gasteiger partial charge is 0.0694 e. The number of benzene rings is 1. The molecule has 1 aliphatic rings. The summed E-state index contributed by atoms with van der Waals surface area (Å²) in [7, 11) is 0. The van der Waals surface area contributed by atoms with E-state index in [1.165, 1.54) is 16.0 Å². The summed E-state index contributed by atoms with van der Waals surface area (Å²) in [6.45, 7) is 0.910. The third kappa shape index (κ3) is 5.10. The molecule has 2 heterocycles. The van der Waals surface area contributed by atoms with Gasteiger partial charge in [0.05, 0.1) is 5.71 Å². The molecule has 5 heteroatoms. The average molecular weight is 367 g/mol. The Morgan fingerprint density at radius 2 is 1.87 bits per heavy atom. The van der Waals surface area contributed by atoms with Gasteiger partial charge < -0.3 is 0 Å². The summed E-state index contributed by atoms with van der Waals surface area (Å²) in [6, 6.07) is 12.7. The molecule has 23 heavy (non-hydrogen) atoms. The fourth-order valence-electron chi connectivity index (χ4n) is 2.50. The van der Waals surface area contributed by atoms with Gasteiger partial charge in [0.2, 0.25) is 0 Å². The maximum absolute atomic E-state index is 4.72. The molecule has 0 radical (unpaired) electrons. The Labute approximate surface area is 154 Å². The number of thioether (sulfide) groups is 1. The van der Waals surface area contributed by atoms with Crippen molar-refractivity contribution in [3.63, 3.8) is 0 Å². The molecule has 0 N–H and O–H groups in total. The van der Waals surface area contributed by atoms with Crippen LogP contribution in [-0.4, -0.2) is 23.5 Å². The molecule has 1 aliphatic heterocycles. The first-order chi connectivity index (χ1) is 10.4. The van der Waals surface area contributed by atoms with Crippen molar-refractivity contribution in [1.82, 2.24) is 4.98 Å². The van der Waals surface area contributed by atoms with E-state index in [0.717, 1.165) is 30.7 Å². The van der Waals surface area contributed by atoms with Gasteiger partial charge in [-0.3, -0.25) is 9.98 Å². The number of rotatable bonds is 3. The van der Waals surface area contributed by atoms with Gasteiger partial charge >= 0.3 is 0 Å². The third-order valence-corrected chi connectivity index (χ3v) is 4.31. The minimum atomic E-state index is 0. The molecule has 1 aromatic heterocycles. The Morgan fingerprint density at radius 1 is 1.09 bits per heavy atom. The summed E-state index contributed by atoms with van der Waals surface area (Å²) in [4.78, 5) is 10.2. The molecule has 0 atom stereocenters. The number of aromatic nitrogens is 1. The molecule has 0 bridgehead atoms. The number of pyridine rings is 1. The summed E-state index contributed by atoms with van der Waals surface area (Å²) >= 11 is 1.77. The maximum Gasteiger partial charge on any atom is 0.0694 e. The highest BCUT2D eigenvalue weighted by Gasteiger charge is 2.14. The van der Waals surface area contributed by atoms with Crippen LogP contribution in [0.2, 0.25) is 0 Å². The summed E-state index contributed by atoms with van der Waals surface area (Å²) in [5.74, 6) is 0. The van der Waals surface area contributed by atoms with Crippen LogP contribution in [0.4, 0.5) is 0 Å². The van der Waals surface area contributed by atoms with E-state index in [1.54, 1.807) is 18.0 Å². The largest absolute Gasteiger partial charge is 0.284 e. The van der Waals surface area contributed by atoms with E-state index in [-0.39, 0.29) is 24.8 Å². The number of hydrogen-bond donors (Lipinski definition) is 0. The molecule has 0 amide bonds. The van der Waals surface area contributed by atoms with Gasteiger partial charge in [-0.1, -0.05) is 12.1 Å². The second kappa shape index (κ2) is 9.76. The van der Waals surface area contributed by atoms with Gasteiger partial charge in [-0.15, -0.1) is 36.6 Å². The molecule has 0 saturated carbocycles. The second-order valence-corrected chi connectivity index (χ2v) is 5.90. The lowest BCUT2D eigenvalue weighted by Gasteiger charge is -2.16. The second-order valence-electron chi connectivity index (χ2n) is 5.02. The van der Waals surface area contributed by atoms with Gasteiger partial charge in [-0.25, -0.2) is 0 Å². The lowest BCUT2D eigenvalue weighted by Crippen LogP contribution is -2.11. The van der Waals surface area contributed by atoms with Gasteiger partial charge in [0.25, 0.3) is 0 Å². The summed E-state index contributed by atoms with van der Waals surface area (Å²) in [6.07, 6.45) is 10.3. The van der Waals surface area contributed by atoms with Crippen LogP contribution < -0.4 is 0 Å². The first-order valence-electron chi connectivity index (χ1n) is 7.16. The Bertz CT molecular complexity index is 667. The zero-order valence-electron chi connectivity index (χ0n) is 12.9. The highest BCUT2D eigenvalue weighted by molar-refractivity contribution is 7.98. The number of hydrogen-bond acceptors (Lipinski definition) is 3. The first kappa shape index (κ1) is 19.8. The van der Waals surface area contributed by atoms with Crippen molar-refractivity contribution in [2.75, 3.05) is 12.8 Å². The van der Waals surface area contributed by atoms with Crippen molar-refractivity contribution in [3.8, 4) is 0 Å². The molecule has 0 spiro atoms. The van der Waals surface area contributed by atoms with E-state index in [9.17, 15) is 0 Å². The average Bonchev–Trinajstić information content (AvgIpc) is 2.57.